The molecular weight excluding hydrogens is 276 g/mol. The molecule has 2 aromatic heterocycles. The van der Waals surface area contributed by atoms with E-state index in [1.807, 2.05) is 4.98 Å². The van der Waals surface area contributed by atoms with E-state index in [-0.39, 0.29) is 18.0 Å². The third-order valence-electron chi connectivity index (χ3n) is 2.35. The van der Waals surface area contributed by atoms with Gasteiger partial charge in [-0.2, -0.15) is 0 Å². The number of anilines is 1. The van der Waals surface area contributed by atoms with Crippen molar-refractivity contribution in [2.24, 2.45) is 0 Å². The third kappa shape index (κ3) is 3.65. The number of aromatic amines is 2. The Morgan fingerprint density at radius 2 is 2.19 bits per heavy atom. The molecule has 0 fully saturated rings. The van der Waals surface area contributed by atoms with E-state index in [0.717, 1.165) is 6.20 Å². The van der Waals surface area contributed by atoms with Gasteiger partial charge in [-0.15, -0.1) is 0 Å². The van der Waals surface area contributed by atoms with Crippen LogP contribution in [0.2, 0.25) is 0 Å². The minimum atomic E-state index is -0.799. The van der Waals surface area contributed by atoms with E-state index in [4.69, 9.17) is 5.11 Å². The number of aromatic nitrogens is 3. The smallest absolute Gasteiger partial charge is 0.325 e. The summed E-state index contributed by atoms with van der Waals surface area (Å²) < 4.78 is 0. The summed E-state index contributed by atoms with van der Waals surface area (Å²) in [6, 6.07) is 4.73. The minimum absolute atomic E-state index is 0.190. The van der Waals surface area contributed by atoms with Gasteiger partial charge in [-0.05, 0) is 18.1 Å². The first-order valence-corrected chi connectivity index (χ1v) is 5.80. The third-order valence-corrected chi connectivity index (χ3v) is 2.35. The molecule has 0 atom stereocenters. The number of hydrogen-bond acceptors (Lipinski definition) is 5. The van der Waals surface area contributed by atoms with Crippen molar-refractivity contribution in [3.05, 3.63) is 56.5 Å². The Kier molecular flexibility index (Phi) is 4.28. The summed E-state index contributed by atoms with van der Waals surface area (Å²) in [4.78, 5) is 42.4. The van der Waals surface area contributed by atoms with Crippen LogP contribution in [-0.2, 0) is 0 Å². The molecule has 0 bridgehead atoms. The maximum Gasteiger partial charge on any atom is 0.325 e. The summed E-state index contributed by atoms with van der Waals surface area (Å²) in [5.41, 5.74) is -1.39. The molecular formula is C13H10N4O4. The van der Waals surface area contributed by atoms with E-state index in [1.54, 1.807) is 12.1 Å². The van der Waals surface area contributed by atoms with Gasteiger partial charge in [-0.25, -0.2) is 9.78 Å². The van der Waals surface area contributed by atoms with Crippen molar-refractivity contribution in [1.29, 1.82) is 0 Å². The summed E-state index contributed by atoms with van der Waals surface area (Å²) in [7, 11) is 0. The highest BCUT2D eigenvalue weighted by molar-refractivity contribution is 6.03. The highest BCUT2D eigenvalue weighted by Gasteiger charge is 2.11. The first-order valence-electron chi connectivity index (χ1n) is 5.80. The largest absolute Gasteiger partial charge is 0.384 e. The van der Waals surface area contributed by atoms with Crippen LogP contribution in [0.1, 0.15) is 16.1 Å². The number of carbonyl (C=O) groups excluding carboxylic acids is 1. The fourth-order valence-electron chi connectivity index (χ4n) is 1.47. The molecule has 0 saturated carbocycles. The maximum absolute atomic E-state index is 11.9. The Morgan fingerprint density at radius 1 is 1.38 bits per heavy atom. The molecule has 8 heteroatoms. The van der Waals surface area contributed by atoms with Crippen LogP contribution in [-0.4, -0.2) is 32.6 Å². The van der Waals surface area contributed by atoms with E-state index in [2.05, 4.69) is 27.1 Å². The average Bonchev–Trinajstić information content (AvgIpc) is 2.45. The van der Waals surface area contributed by atoms with Gasteiger partial charge in [0.05, 0.1) is 0 Å². The van der Waals surface area contributed by atoms with Gasteiger partial charge in [0.1, 0.15) is 23.7 Å². The summed E-state index contributed by atoms with van der Waals surface area (Å²) in [5, 5.41) is 11.0. The predicted molar refractivity (Wildman–Crippen MR) is 73.8 cm³/mol. The number of nitrogens with zero attached hydrogens (tertiary/aromatic N) is 1. The van der Waals surface area contributed by atoms with Crippen molar-refractivity contribution < 1.29 is 9.90 Å². The number of amides is 1. The molecule has 2 heterocycles. The molecule has 4 N–H and O–H groups in total. The van der Waals surface area contributed by atoms with Gasteiger partial charge in [0.15, 0.2) is 0 Å². The Morgan fingerprint density at radius 3 is 2.90 bits per heavy atom. The van der Waals surface area contributed by atoms with Crippen molar-refractivity contribution >= 4 is 11.7 Å². The molecule has 0 saturated heterocycles. The number of H-pyrrole nitrogens is 2. The van der Waals surface area contributed by atoms with Crippen molar-refractivity contribution in [1.82, 2.24) is 15.0 Å². The SMILES string of the molecule is O=C(Nc1cccc(C#CCO)n1)c1c[nH]c(=O)[nH]c1=O. The van der Waals surface area contributed by atoms with E-state index >= 15 is 0 Å². The zero-order valence-corrected chi connectivity index (χ0v) is 10.6. The Hall–Kier alpha value is -3.18. The highest BCUT2D eigenvalue weighted by Crippen LogP contribution is 2.05. The molecule has 0 aliphatic rings. The molecule has 0 unspecified atom stereocenters. The Bertz CT molecular complexity index is 841. The molecule has 21 heavy (non-hydrogen) atoms. The van der Waals surface area contributed by atoms with E-state index in [0.29, 0.717) is 5.69 Å². The van der Waals surface area contributed by atoms with Crippen molar-refractivity contribution in [2.75, 3.05) is 11.9 Å². The second-order valence-electron chi connectivity index (χ2n) is 3.81. The second kappa shape index (κ2) is 6.31. The lowest BCUT2D eigenvalue weighted by atomic mass is 10.3. The van der Waals surface area contributed by atoms with Gasteiger partial charge in [0.25, 0.3) is 11.5 Å². The van der Waals surface area contributed by atoms with Gasteiger partial charge >= 0.3 is 5.69 Å². The summed E-state index contributed by atoms with van der Waals surface area (Å²) in [5.74, 6) is 4.49. The topological polar surface area (TPSA) is 128 Å². The van der Waals surface area contributed by atoms with Crippen molar-refractivity contribution in [3.63, 3.8) is 0 Å². The molecule has 0 aliphatic heterocycles. The predicted octanol–water partition coefficient (Wildman–Crippen LogP) is -0.946. The fourth-order valence-corrected chi connectivity index (χ4v) is 1.47. The Balaban J connectivity index is 2.23. The van der Waals surface area contributed by atoms with E-state index < -0.39 is 17.2 Å². The zero-order chi connectivity index (χ0) is 15.2. The lowest BCUT2D eigenvalue weighted by Crippen LogP contribution is -2.29. The van der Waals surface area contributed by atoms with Crippen molar-refractivity contribution in [3.8, 4) is 11.8 Å². The molecule has 2 aromatic rings. The fraction of sp³-hybridized carbons (Fsp3) is 0.0769. The number of nitrogens with one attached hydrogen (secondary N) is 3. The number of rotatable bonds is 2. The summed E-state index contributed by atoms with van der Waals surface area (Å²) in [6.07, 6.45) is 1.02. The minimum Gasteiger partial charge on any atom is -0.384 e. The van der Waals surface area contributed by atoms with Gasteiger partial charge in [0, 0.05) is 6.20 Å². The summed E-state index contributed by atoms with van der Waals surface area (Å²) in [6.45, 7) is -0.301. The zero-order valence-electron chi connectivity index (χ0n) is 10.6. The van der Waals surface area contributed by atoms with Crippen LogP contribution < -0.4 is 16.6 Å². The van der Waals surface area contributed by atoms with Gasteiger partial charge in [-0.1, -0.05) is 12.0 Å². The molecule has 106 valence electrons. The van der Waals surface area contributed by atoms with Crippen LogP contribution in [0.3, 0.4) is 0 Å². The quantitative estimate of drug-likeness (QED) is 0.529. The summed E-state index contributed by atoms with van der Waals surface area (Å²) >= 11 is 0. The Labute approximate surface area is 117 Å². The van der Waals surface area contributed by atoms with Gasteiger partial charge in [-0.3, -0.25) is 14.6 Å². The van der Waals surface area contributed by atoms with Crippen LogP contribution in [0, 0.1) is 11.8 Å². The van der Waals surface area contributed by atoms with Crippen LogP contribution in [0.5, 0.6) is 0 Å². The maximum atomic E-state index is 11.9. The first-order chi connectivity index (χ1) is 10.1. The average molecular weight is 286 g/mol. The molecule has 1 amide bonds. The molecule has 0 aliphatic carbocycles. The van der Waals surface area contributed by atoms with Crippen LogP contribution >= 0.6 is 0 Å². The number of pyridine rings is 1. The lowest BCUT2D eigenvalue weighted by molar-refractivity contribution is 0.102. The van der Waals surface area contributed by atoms with Gasteiger partial charge < -0.3 is 15.4 Å². The number of aliphatic hydroxyl groups excluding tert-OH is 1. The number of carbonyl (C=O) groups is 1. The monoisotopic (exact) mass is 286 g/mol. The highest BCUT2D eigenvalue weighted by atomic mass is 16.2. The number of hydrogen-bond donors (Lipinski definition) is 4. The van der Waals surface area contributed by atoms with E-state index in [9.17, 15) is 14.4 Å². The second-order valence-corrected chi connectivity index (χ2v) is 3.81. The molecule has 0 radical (unpaired) electrons. The van der Waals surface area contributed by atoms with Gasteiger partial charge in [0.2, 0.25) is 0 Å². The standard InChI is InChI=1S/C13H10N4O4/c18-6-2-4-8-3-1-5-10(15-8)16-11(19)9-7-14-13(21)17-12(9)20/h1,3,5,7,18H,6H2,(H,15,16,19)(H2,14,17,20,21). The van der Waals surface area contributed by atoms with Crippen molar-refractivity contribution in [2.45, 2.75) is 0 Å². The molecule has 0 aromatic carbocycles. The van der Waals surface area contributed by atoms with Crippen LogP contribution in [0.4, 0.5) is 5.82 Å². The first kappa shape index (κ1) is 14.2. The lowest BCUT2D eigenvalue weighted by Gasteiger charge is -2.03. The molecule has 8 nitrogen and oxygen atoms in total. The normalized spacial score (nSPS) is 9.57. The molecule has 2 rings (SSSR count). The van der Waals surface area contributed by atoms with E-state index in [1.165, 1.54) is 6.07 Å². The van der Waals surface area contributed by atoms with Crippen LogP contribution in [0.15, 0.2) is 34.0 Å². The molecule has 0 spiro atoms. The van der Waals surface area contributed by atoms with Crippen LogP contribution in [0.25, 0.3) is 0 Å². The number of aliphatic hydroxyl groups is 1.